The molecule has 0 saturated carbocycles. The maximum Gasteiger partial charge on any atom is 0.262 e. The third-order valence-electron chi connectivity index (χ3n) is 4.56. The van der Waals surface area contributed by atoms with E-state index in [2.05, 4.69) is 10.6 Å². The number of benzene rings is 3. The van der Waals surface area contributed by atoms with E-state index in [4.69, 9.17) is 4.74 Å². The predicted molar refractivity (Wildman–Crippen MR) is 124 cm³/mol. The Kier molecular flexibility index (Phi) is 7.77. The molecule has 0 fully saturated rings. The summed E-state index contributed by atoms with van der Waals surface area (Å²) < 4.78 is 5.51. The monoisotopic (exact) mass is 425 g/mol. The van der Waals surface area contributed by atoms with Crippen LogP contribution in [0.25, 0.3) is 6.08 Å². The summed E-state index contributed by atoms with van der Waals surface area (Å²) in [6, 6.07) is 25.7. The van der Waals surface area contributed by atoms with Crippen LogP contribution in [0.3, 0.4) is 0 Å². The van der Waals surface area contributed by atoms with Gasteiger partial charge in [0.1, 0.15) is 17.4 Å². The topological polar surface area (TPSA) is 91.2 Å². The molecule has 6 nitrogen and oxygen atoms in total. The molecule has 0 radical (unpaired) electrons. The smallest absolute Gasteiger partial charge is 0.262 e. The van der Waals surface area contributed by atoms with Crippen LogP contribution in [0, 0.1) is 18.3 Å². The lowest BCUT2D eigenvalue weighted by Gasteiger charge is -2.08. The molecule has 3 rings (SSSR count). The van der Waals surface area contributed by atoms with E-state index >= 15 is 0 Å². The van der Waals surface area contributed by atoms with Crippen molar-refractivity contribution in [2.75, 3.05) is 11.9 Å². The summed E-state index contributed by atoms with van der Waals surface area (Å²) in [6.45, 7) is 2.19. The van der Waals surface area contributed by atoms with Crippen LogP contribution in [-0.4, -0.2) is 18.4 Å². The van der Waals surface area contributed by atoms with Crippen molar-refractivity contribution in [2.45, 2.75) is 13.5 Å². The van der Waals surface area contributed by atoms with Gasteiger partial charge in [0.15, 0.2) is 6.61 Å². The van der Waals surface area contributed by atoms with E-state index in [9.17, 15) is 14.9 Å². The molecule has 3 aromatic rings. The van der Waals surface area contributed by atoms with Gasteiger partial charge in [-0.2, -0.15) is 5.26 Å². The maximum absolute atomic E-state index is 12.3. The molecule has 0 heterocycles. The molecule has 32 heavy (non-hydrogen) atoms. The maximum atomic E-state index is 12.3. The van der Waals surface area contributed by atoms with E-state index in [1.165, 1.54) is 6.08 Å². The number of nitrogens with zero attached hydrogens (tertiary/aromatic N) is 1. The normalized spacial score (nSPS) is 10.7. The average Bonchev–Trinajstić information content (AvgIpc) is 2.82. The lowest BCUT2D eigenvalue weighted by molar-refractivity contribution is -0.118. The molecule has 2 amide bonds. The summed E-state index contributed by atoms with van der Waals surface area (Å²) in [7, 11) is 0. The van der Waals surface area contributed by atoms with Crippen molar-refractivity contribution in [3.05, 3.63) is 101 Å². The number of nitriles is 1. The van der Waals surface area contributed by atoms with Crippen LogP contribution >= 0.6 is 0 Å². The molecule has 3 aromatic carbocycles. The molecule has 0 aliphatic carbocycles. The molecule has 0 unspecified atom stereocenters. The highest BCUT2D eigenvalue weighted by Gasteiger charge is 2.09. The number of rotatable bonds is 8. The molecular weight excluding hydrogens is 402 g/mol. The second-order valence-electron chi connectivity index (χ2n) is 7.11. The van der Waals surface area contributed by atoms with Gasteiger partial charge >= 0.3 is 0 Å². The number of anilines is 1. The molecule has 0 atom stereocenters. The second kappa shape index (κ2) is 11.1. The van der Waals surface area contributed by atoms with Crippen LogP contribution in [0.15, 0.2) is 84.4 Å². The average molecular weight is 425 g/mol. The quantitative estimate of drug-likeness (QED) is 0.417. The fourth-order valence-electron chi connectivity index (χ4n) is 2.83. The molecule has 0 bridgehead atoms. The number of nitrogens with one attached hydrogen (secondary N) is 2. The van der Waals surface area contributed by atoms with Crippen molar-refractivity contribution in [3.63, 3.8) is 0 Å². The molecule has 0 aromatic heterocycles. The highest BCUT2D eigenvalue weighted by Crippen LogP contribution is 2.15. The molecule has 0 aliphatic rings. The predicted octanol–water partition coefficient (Wildman–Crippen LogP) is 4.24. The fourth-order valence-corrected chi connectivity index (χ4v) is 2.83. The van der Waals surface area contributed by atoms with Gasteiger partial charge in [-0.3, -0.25) is 9.59 Å². The van der Waals surface area contributed by atoms with E-state index in [0.29, 0.717) is 23.5 Å². The number of amides is 2. The number of carbonyl (C=O) groups is 2. The zero-order valence-corrected chi connectivity index (χ0v) is 17.7. The minimum Gasteiger partial charge on any atom is -0.484 e. The summed E-state index contributed by atoms with van der Waals surface area (Å²) in [5.41, 5.74) is 3.45. The van der Waals surface area contributed by atoms with Crippen molar-refractivity contribution >= 4 is 23.6 Å². The van der Waals surface area contributed by atoms with Gasteiger partial charge in [-0.25, -0.2) is 0 Å². The fraction of sp³-hybridized carbons (Fsp3) is 0.115. The van der Waals surface area contributed by atoms with Gasteiger partial charge < -0.3 is 15.4 Å². The third-order valence-corrected chi connectivity index (χ3v) is 4.56. The first-order chi connectivity index (χ1) is 15.5. The van der Waals surface area contributed by atoms with E-state index < -0.39 is 5.91 Å². The Hall–Kier alpha value is -4.37. The molecule has 2 N–H and O–H groups in total. The van der Waals surface area contributed by atoms with Crippen molar-refractivity contribution in [1.29, 1.82) is 5.26 Å². The first-order valence-corrected chi connectivity index (χ1v) is 10.1. The Labute approximate surface area is 187 Å². The van der Waals surface area contributed by atoms with E-state index in [-0.39, 0.29) is 18.1 Å². The summed E-state index contributed by atoms with van der Waals surface area (Å²) in [5.74, 6) is -0.197. The summed E-state index contributed by atoms with van der Waals surface area (Å²) >= 11 is 0. The van der Waals surface area contributed by atoms with Crippen LogP contribution in [0.4, 0.5) is 5.69 Å². The highest BCUT2D eigenvalue weighted by molar-refractivity contribution is 6.01. The summed E-state index contributed by atoms with van der Waals surface area (Å²) in [4.78, 5) is 24.3. The van der Waals surface area contributed by atoms with Crippen molar-refractivity contribution in [2.24, 2.45) is 0 Å². The zero-order chi connectivity index (χ0) is 22.8. The van der Waals surface area contributed by atoms with E-state index in [1.807, 2.05) is 67.6 Å². The SMILES string of the molecule is Cc1ccc(NC(=O)COc2ccc(/C=C(\C#N)C(=O)NCc3ccccc3)cc2)cc1. The Morgan fingerprint density at radius 2 is 1.66 bits per heavy atom. The van der Waals surface area contributed by atoms with Crippen molar-refractivity contribution in [3.8, 4) is 11.8 Å². The summed E-state index contributed by atoms with van der Waals surface area (Å²) in [5, 5.41) is 14.8. The van der Waals surface area contributed by atoms with Crippen LogP contribution < -0.4 is 15.4 Å². The van der Waals surface area contributed by atoms with E-state index in [0.717, 1.165) is 11.1 Å². The van der Waals surface area contributed by atoms with Gasteiger partial charge in [0.2, 0.25) is 0 Å². The molecule has 6 heteroatoms. The van der Waals surface area contributed by atoms with Crippen molar-refractivity contribution < 1.29 is 14.3 Å². The minimum absolute atomic E-state index is 0.00655. The minimum atomic E-state index is -0.440. The lowest BCUT2D eigenvalue weighted by Crippen LogP contribution is -2.23. The molecule has 0 aliphatic heterocycles. The molecule has 0 spiro atoms. The van der Waals surface area contributed by atoms with Gasteiger partial charge in [-0.05, 0) is 48.4 Å². The molecule has 0 saturated heterocycles. The van der Waals surface area contributed by atoms with Gasteiger partial charge in [0.05, 0.1) is 0 Å². The number of ether oxygens (including phenoxy) is 1. The molecule has 160 valence electrons. The second-order valence-corrected chi connectivity index (χ2v) is 7.11. The molecular formula is C26H23N3O3. The van der Waals surface area contributed by atoms with Crippen LogP contribution in [0.5, 0.6) is 5.75 Å². The number of hydrogen-bond acceptors (Lipinski definition) is 4. The Morgan fingerprint density at radius 1 is 0.969 bits per heavy atom. The van der Waals surface area contributed by atoms with Gasteiger partial charge in [-0.1, -0.05) is 60.2 Å². The Bertz CT molecular complexity index is 1130. The largest absolute Gasteiger partial charge is 0.484 e. The van der Waals surface area contributed by atoms with Crippen LogP contribution in [0.1, 0.15) is 16.7 Å². The third kappa shape index (κ3) is 6.85. The van der Waals surface area contributed by atoms with Gasteiger partial charge in [0, 0.05) is 12.2 Å². The number of carbonyl (C=O) groups excluding carboxylic acids is 2. The van der Waals surface area contributed by atoms with E-state index in [1.54, 1.807) is 24.3 Å². The summed E-state index contributed by atoms with van der Waals surface area (Å²) in [6.07, 6.45) is 1.51. The first-order valence-electron chi connectivity index (χ1n) is 10.1. The van der Waals surface area contributed by atoms with Crippen LogP contribution in [-0.2, 0) is 16.1 Å². The van der Waals surface area contributed by atoms with Crippen LogP contribution in [0.2, 0.25) is 0 Å². The number of hydrogen-bond donors (Lipinski definition) is 2. The standard InChI is InChI=1S/C26H23N3O3/c1-19-7-11-23(12-8-19)29-25(30)18-32-24-13-9-20(10-14-24)15-22(16-27)26(31)28-17-21-5-3-2-4-6-21/h2-15H,17-18H2,1H3,(H,28,31)(H,29,30)/b22-15+. The first kappa shape index (κ1) is 22.3. The van der Waals surface area contributed by atoms with Crippen molar-refractivity contribution in [1.82, 2.24) is 5.32 Å². The zero-order valence-electron chi connectivity index (χ0n) is 17.7. The lowest BCUT2D eigenvalue weighted by atomic mass is 10.1. The Morgan fingerprint density at radius 3 is 2.31 bits per heavy atom. The van der Waals surface area contributed by atoms with Gasteiger partial charge in [-0.15, -0.1) is 0 Å². The highest BCUT2D eigenvalue weighted by atomic mass is 16.5. The van der Waals surface area contributed by atoms with Gasteiger partial charge in [0.25, 0.3) is 11.8 Å². The number of aryl methyl sites for hydroxylation is 1. The Balaban J connectivity index is 1.52.